The maximum atomic E-state index is 4.23. The number of hydrogen-bond donors (Lipinski definition) is 0. The lowest BCUT2D eigenvalue weighted by Crippen LogP contribution is -2.28. The van der Waals surface area contributed by atoms with Crippen LogP contribution in [0, 0.1) is 17.8 Å². The highest BCUT2D eigenvalue weighted by Crippen LogP contribution is 2.51. The molecule has 298 valence electrons. The van der Waals surface area contributed by atoms with Crippen molar-refractivity contribution in [2.24, 2.45) is 17.8 Å². The Morgan fingerprint density at radius 1 is 0.733 bits per heavy atom. The first-order valence-electron chi connectivity index (χ1n) is 22.4. The third kappa shape index (κ3) is 8.01. The Balaban J connectivity index is 1.16. The van der Waals surface area contributed by atoms with Crippen LogP contribution in [0.1, 0.15) is 96.7 Å². The smallest absolute Gasteiger partial charge is 0.0126 e. The van der Waals surface area contributed by atoms with Gasteiger partial charge in [0.2, 0.25) is 0 Å². The van der Waals surface area contributed by atoms with Crippen LogP contribution in [0.25, 0.3) is 33.0 Å². The lowest BCUT2D eigenvalue weighted by atomic mass is 9.63. The van der Waals surface area contributed by atoms with Crippen LogP contribution in [0.3, 0.4) is 0 Å². The maximum absolute atomic E-state index is 4.23. The summed E-state index contributed by atoms with van der Waals surface area (Å²) < 4.78 is 0. The minimum Gasteiger partial charge on any atom is -0.0991 e. The lowest BCUT2D eigenvalue weighted by Gasteiger charge is -2.41. The van der Waals surface area contributed by atoms with Gasteiger partial charge in [-0.2, -0.15) is 0 Å². The van der Waals surface area contributed by atoms with E-state index in [0.29, 0.717) is 17.8 Å². The van der Waals surface area contributed by atoms with Gasteiger partial charge in [0.15, 0.2) is 0 Å². The highest BCUT2D eigenvalue weighted by molar-refractivity contribution is 5.93. The summed E-state index contributed by atoms with van der Waals surface area (Å²) in [7, 11) is 0. The molecule has 0 aromatic heterocycles. The minimum atomic E-state index is 0.245. The Labute approximate surface area is 359 Å². The zero-order valence-corrected chi connectivity index (χ0v) is 35.6. The summed E-state index contributed by atoms with van der Waals surface area (Å²) >= 11 is 0. The van der Waals surface area contributed by atoms with Gasteiger partial charge in [-0.3, -0.25) is 0 Å². The van der Waals surface area contributed by atoms with Crippen molar-refractivity contribution >= 4 is 21.9 Å². The zero-order chi connectivity index (χ0) is 41.0. The van der Waals surface area contributed by atoms with Gasteiger partial charge in [0.1, 0.15) is 0 Å². The van der Waals surface area contributed by atoms with Gasteiger partial charge in [-0.1, -0.05) is 221 Å². The van der Waals surface area contributed by atoms with E-state index in [0.717, 1.165) is 32.1 Å². The molecule has 0 amide bonds. The molecule has 0 N–H and O–H groups in total. The largest absolute Gasteiger partial charge is 0.0991 e. The van der Waals surface area contributed by atoms with Gasteiger partial charge in [-0.25, -0.2) is 0 Å². The summed E-state index contributed by atoms with van der Waals surface area (Å²) in [5, 5.41) is 2.86. The van der Waals surface area contributed by atoms with E-state index in [9.17, 15) is 0 Å². The molecule has 0 heterocycles. The lowest BCUT2D eigenvalue weighted by molar-refractivity contribution is 0.394. The van der Waals surface area contributed by atoms with Crippen molar-refractivity contribution < 1.29 is 0 Å². The number of rotatable bonds is 11. The predicted molar refractivity (Wildman–Crippen MR) is 259 cm³/mol. The fourth-order valence-electron chi connectivity index (χ4n) is 10.3. The summed E-state index contributed by atoms with van der Waals surface area (Å²) in [6.07, 6.45) is 37.5. The average Bonchev–Trinajstić information content (AvgIpc) is 3.39. The fourth-order valence-corrected chi connectivity index (χ4v) is 10.3. The first kappa shape index (κ1) is 39.5. The number of benzene rings is 5. The second-order valence-corrected chi connectivity index (χ2v) is 17.7. The van der Waals surface area contributed by atoms with Crippen LogP contribution in [0.2, 0.25) is 0 Å². The fraction of sp³-hybridized carbons (Fsp3) is 0.233. The Bertz CT molecular complexity index is 2620. The first-order chi connectivity index (χ1) is 29.5. The topological polar surface area (TPSA) is 0 Å². The SMILES string of the molecule is C=C/C=C(/CC1C=CC(c2ccc(-c3ccccc3C(C)C)cc2)=CC1C(C1=CCC1C)c1ccc2c3c(cccc13)C/C=C\C=C/C2)c1cccc(C2C=CC=CC2)c1. The highest BCUT2D eigenvalue weighted by Gasteiger charge is 2.38. The molecule has 0 bridgehead atoms. The van der Waals surface area contributed by atoms with Gasteiger partial charge < -0.3 is 0 Å². The molecule has 60 heavy (non-hydrogen) atoms. The number of hydrogen-bond acceptors (Lipinski definition) is 0. The molecular formula is C60H58. The third-order valence-corrected chi connectivity index (χ3v) is 13.6. The van der Waals surface area contributed by atoms with Crippen molar-refractivity contribution in [2.45, 2.75) is 70.6 Å². The third-order valence-electron chi connectivity index (χ3n) is 13.6. The number of allylic oxidation sites excluding steroid dienone is 17. The second-order valence-electron chi connectivity index (χ2n) is 17.7. The molecule has 0 spiro atoms. The molecular weight excluding hydrogens is 721 g/mol. The van der Waals surface area contributed by atoms with Crippen molar-refractivity contribution in [3.05, 3.63) is 239 Å². The molecule has 0 saturated carbocycles. The summed E-state index contributed by atoms with van der Waals surface area (Å²) in [5.74, 6) is 2.19. The molecule has 0 nitrogen and oxygen atoms in total. The molecule has 0 heteroatoms. The van der Waals surface area contributed by atoms with Crippen molar-refractivity contribution in [2.75, 3.05) is 0 Å². The predicted octanol–water partition coefficient (Wildman–Crippen LogP) is 16.0. The van der Waals surface area contributed by atoms with Gasteiger partial charge in [-0.05, 0) is 128 Å². The first-order valence-corrected chi connectivity index (χ1v) is 22.4. The van der Waals surface area contributed by atoms with Gasteiger partial charge in [0.05, 0.1) is 0 Å². The second kappa shape index (κ2) is 17.7. The van der Waals surface area contributed by atoms with E-state index in [2.05, 4.69) is 209 Å². The van der Waals surface area contributed by atoms with Crippen LogP contribution in [0.15, 0.2) is 200 Å². The summed E-state index contributed by atoms with van der Waals surface area (Å²) in [6.45, 7) is 11.2. The van der Waals surface area contributed by atoms with E-state index in [1.807, 2.05) is 6.08 Å². The standard InChI is InChI=1S/C60H58/c1-5-17-48(50-24-15-23-49(38-50)43-18-11-8-12-19-43)39-52-34-33-51(44-29-31-45(32-30-44)55-26-14-13-25-53(55)41(2)3)40-58(52)60(54-36-28-42(54)4)57-37-35-47-21-10-7-6-9-20-46-22-16-27-56(57)59(46)47/h5-18,22-27,29-38,40-43,52,58,60H,1,19-21,28,39H2,2-4H3/b9-6-,10-7-,48-17-. The van der Waals surface area contributed by atoms with E-state index in [4.69, 9.17) is 0 Å². The molecule has 5 aromatic rings. The van der Waals surface area contributed by atoms with E-state index < -0.39 is 0 Å². The van der Waals surface area contributed by atoms with E-state index in [1.165, 1.54) is 72.0 Å². The van der Waals surface area contributed by atoms with Crippen molar-refractivity contribution in [1.29, 1.82) is 0 Å². The molecule has 5 atom stereocenters. The molecule has 4 aliphatic rings. The van der Waals surface area contributed by atoms with Crippen LogP contribution in [0.4, 0.5) is 0 Å². The molecule has 0 saturated heterocycles. The molecule has 5 aromatic carbocycles. The quantitative estimate of drug-likeness (QED) is 0.0925. The van der Waals surface area contributed by atoms with Gasteiger partial charge in [0, 0.05) is 11.8 Å². The zero-order valence-electron chi connectivity index (χ0n) is 35.6. The Kier molecular flexibility index (Phi) is 11.6. The molecule has 0 radical (unpaired) electrons. The molecule has 5 unspecified atom stereocenters. The molecule has 9 rings (SSSR count). The summed E-state index contributed by atoms with van der Waals surface area (Å²) in [5.41, 5.74) is 16.5. The van der Waals surface area contributed by atoms with Crippen LogP contribution in [-0.2, 0) is 12.8 Å². The van der Waals surface area contributed by atoms with Crippen LogP contribution < -0.4 is 0 Å². The molecule has 4 aliphatic carbocycles. The van der Waals surface area contributed by atoms with E-state index >= 15 is 0 Å². The van der Waals surface area contributed by atoms with Crippen LogP contribution >= 0.6 is 0 Å². The normalized spacial score (nSPS) is 22.6. The highest BCUT2D eigenvalue weighted by atomic mass is 14.4. The van der Waals surface area contributed by atoms with Gasteiger partial charge in [-0.15, -0.1) is 0 Å². The molecule has 0 fully saturated rings. The van der Waals surface area contributed by atoms with Crippen LogP contribution in [-0.4, -0.2) is 0 Å². The van der Waals surface area contributed by atoms with Crippen LogP contribution in [0.5, 0.6) is 0 Å². The van der Waals surface area contributed by atoms with E-state index in [1.54, 1.807) is 5.57 Å². The van der Waals surface area contributed by atoms with Crippen molar-refractivity contribution in [1.82, 2.24) is 0 Å². The van der Waals surface area contributed by atoms with Crippen molar-refractivity contribution in [3.63, 3.8) is 0 Å². The maximum Gasteiger partial charge on any atom is 0.0126 e. The van der Waals surface area contributed by atoms with Gasteiger partial charge in [0.25, 0.3) is 0 Å². The summed E-state index contributed by atoms with van der Waals surface area (Å²) in [4.78, 5) is 0. The Hall–Kier alpha value is -5.98. The Morgan fingerprint density at radius 3 is 2.23 bits per heavy atom. The minimum absolute atomic E-state index is 0.245. The van der Waals surface area contributed by atoms with Crippen molar-refractivity contribution in [3.8, 4) is 11.1 Å². The summed E-state index contributed by atoms with van der Waals surface area (Å²) in [6, 6.07) is 39.5. The van der Waals surface area contributed by atoms with Gasteiger partial charge >= 0.3 is 0 Å². The average molecular weight is 779 g/mol. The Morgan fingerprint density at radius 2 is 1.50 bits per heavy atom. The monoisotopic (exact) mass is 778 g/mol. The molecule has 0 aliphatic heterocycles. The van der Waals surface area contributed by atoms with E-state index in [-0.39, 0.29) is 17.8 Å².